The first-order valence-corrected chi connectivity index (χ1v) is 10.1. The van der Waals surface area contributed by atoms with Crippen molar-refractivity contribution in [2.24, 2.45) is 4.99 Å². The number of aromatic nitrogens is 1. The molecule has 0 spiro atoms. The fourth-order valence-electron chi connectivity index (χ4n) is 2.84. The molecule has 0 N–H and O–H groups in total. The first-order chi connectivity index (χ1) is 14.3. The summed E-state index contributed by atoms with van der Waals surface area (Å²) >= 11 is 1.39. The maximum absolute atomic E-state index is 13.1. The summed E-state index contributed by atoms with van der Waals surface area (Å²) in [6, 6.07) is 23.5. The minimum Gasteiger partial charge on any atom is -0.282 e. The third kappa shape index (κ3) is 4.89. The standard InChI is InChI=1S/C24H19N3OS/c28-23-22(15-7-11-19-9-3-1-4-10-19)29-24(26-21-13-5-2-6-14-21)27(23)18-20-12-8-16-25-17-20/h1-17H,18H2/b11-7+,22-15-,26-24?. The van der Waals surface area contributed by atoms with E-state index in [2.05, 4.69) is 4.98 Å². The molecule has 4 nitrogen and oxygen atoms in total. The number of carbonyl (C=O) groups is 1. The summed E-state index contributed by atoms with van der Waals surface area (Å²) in [5.41, 5.74) is 2.87. The highest BCUT2D eigenvalue weighted by Gasteiger charge is 2.33. The predicted octanol–water partition coefficient (Wildman–Crippen LogP) is 5.44. The minimum absolute atomic E-state index is 0.0498. The molecule has 1 fully saturated rings. The number of nitrogens with zero attached hydrogens (tertiary/aromatic N) is 3. The molecule has 1 aliphatic heterocycles. The average molecular weight is 398 g/mol. The van der Waals surface area contributed by atoms with Crippen LogP contribution in [-0.2, 0) is 11.3 Å². The number of amides is 1. The van der Waals surface area contributed by atoms with Crippen LogP contribution in [0.25, 0.3) is 6.08 Å². The van der Waals surface area contributed by atoms with E-state index in [1.54, 1.807) is 17.3 Å². The highest BCUT2D eigenvalue weighted by atomic mass is 32.2. The Morgan fingerprint density at radius 2 is 1.72 bits per heavy atom. The average Bonchev–Trinajstić information content (AvgIpc) is 3.05. The van der Waals surface area contributed by atoms with Crippen molar-refractivity contribution in [2.75, 3.05) is 0 Å². The molecule has 0 aliphatic carbocycles. The number of hydrogen-bond donors (Lipinski definition) is 0. The summed E-state index contributed by atoms with van der Waals surface area (Å²) in [5, 5.41) is 0.671. The van der Waals surface area contributed by atoms with Crippen molar-refractivity contribution in [3.05, 3.63) is 113 Å². The van der Waals surface area contributed by atoms with Crippen molar-refractivity contribution < 1.29 is 4.79 Å². The number of benzene rings is 2. The van der Waals surface area contributed by atoms with Crippen LogP contribution in [-0.4, -0.2) is 21.0 Å². The van der Waals surface area contributed by atoms with E-state index in [4.69, 9.17) is 4.99 Å². The van der Waals surface area contributed by atoms with Gasteiger partial charge < -0.3 is 0 Å². The number of thioether (sulfide) groups is 1. The Morgan fingerprint density at radius 1 is 0.966 bits per heavy atom. The zero-order valence-corrected chi connectivity index (χ0v) is 16.5. The van der Waals surface area contributed by atoms with E-state index < -0.39 is 0 Å². The van der Waals surface area contributed by atoms with Crippen LogP contribution in [0.15, 0.2) is 107 Å². The van der Waals surface area contributed by atoms with Crippen molar-refractivity contribution in [2.45, 2.75) is 6.54 Å². The number of amidine groups is 1. The second-order valence-corrected chi connectivity index (χ2v) is 7.39. The molecule has 2 heterocycles. The molecule has 3 aromatic rings. The summed E-state index contributed by atoms with van der Waals surface area (Å²) in [4.78, 5) is 24.3. The Kier molecular flexibility index (Phi) is 5.98. The lowest BCUT2D eigenvalue weighted by Gasteiger charge is -2.15. The second kappa shape index (κ2) is 9.17. The van der Waals surface area contributed by atoms with Crippen LogP contribution in [0.1, 0.15) is 11.1 Å². The van der Waals surface area contributed by atoms with E-state index in [-0.39, 0.29) is 5.91 Å². The van der Waals surface area contributed by atoms with Gasteiger partial charge in [0, 0.05) is 12.4 Å². The molecule has 0 radical (unpaired) electrons. The van der Waals surface area contributed by atoms with E-state index in [1.165, 1.54) is 11.8 Å². The first kappa shape index (κ1) is 18.9. The van der Waals surface area contributed by atoms with E-state index in [9.17, 15) is 4.79 Å². The van der Waals surface area contributed by atoms with Gasteiger partial charge >= 0.3 is 0 Å². The van der Waals surface area contributed by atoms with Gasteiger partial charge in [0.1, 0.15) is 0 Å². The van der Waals surface area contributed by atoms with Gasteiger partial charge in [0.15, 0.2) is 5.17 Å². The number of aliphatic imine (C=N–C) groups is 1. The SMILES string of the molecule is O=C1/C(=C/C=C/c2ccccc2)SC(=Nc2ccccc2)N1Cc1cccnc1. The van der Waals surface area contributed by atoms with Gasteiger partial charge in [-0.2, -0.15) is 0 Å². The number of para-hydroxylation sites is 1. The van der Waals surface area contributed by atoms with E-state index in [0.717, 1.165) is 16.8 Å². The molecular weight excluding hydrogens is 378 g/mol. The number of pyridine rings is 1. The fraction of sp³-hybridized carbons (Fsp3) is 0.0417. The lowest BCUT2D eigenvalue weighted by Crippen LogP contribution is -2.28. The van der Waals surface area contributed by atoms with Crippen molar-refractivity contribution in [3.8, 4) is 0 Å². The van der Waals surface area contributed by atoms with Gasteiger partial charge in [-0.25, -0.2) is 4.99 Å². The number of allylic oxidation sites excluding steroid dienone is 2. The summed E-state index contributed by atoms with van der Waals surface area (Å²) in [7, 11) is 0. The van der Waals surface area contributed by atoms with Crippen LogP contribution in [0.5, 0.6) is 0 Å². The summed E-state index contributed by atoms with van der Waals surface area (Å²) in [5.74, 6) is -0.0498. The Bertz CT molecular complexity index is 1060. The molecular formula is C24H19N3OS. The molecule has 1 saturated heterocycles. The Labute approximate surface area is 174 Å². The van der Waals surface area contributed by atoms with Crippen molar-refractivity contribution in [1.29, 1.82) is 0 Å². The molecule has 1 aromatic heterocycles. The van der Waals surface area contributed by atoms with E-state index in [0.29, 0.717) is 16.6 Å². The van der Waals surface area contributed by atoms with Gasteiger partial charge in [-0.15, -0.1) is 0 Å². The van der Waals surface area contributed by atoms with Crippen LogP contribution in [0.3, 0.4) is 0 Å². The molecule has 1 amide bonds. The van der Waals surface area contributed by atoms with Crippen LogP contribution >= 0.6 is 11.8 Å². The van der Waals surface area contributed by atoms with Crippen LogP contribution in [0.2, 0.25) is 0 Å². The highest BCUT2D eigenvalue weighted by Crippen LogP contribution is 2.33. The molecule has 2 aromatic carbocycles. The van der Waals surface area contributed by atoms with Gasteiger partial charge in [-0.05, 0) is 47.2 Å². The number of rotatable bonds is 5. The zero-order chi connectivity index (χ0) is 19.9. The van der Waals surface area contributed by atoms with Gasteiger partial charge in [0.2, 0.25) is 0 Å². The van der Waals surface area contributed by atoms with Crippen molar-refractivity contribution in [3.63, 3.8) is 0 Å². The molecule has 0 unspecified atom stereocenters. The Morgan fingerprint density at radius 3 is 2.45 bits per heavy atom. The molecule has 0 atom stereocenters. The van der Waals surface area contributed by atoms with E-state index >= 15 is 0 Å². The monoisotopic (exact) mass is 397 g/mol. The van der Waals surface area contributed by atoms with Crippen molar-refractivity contribution in [1.82, 2.24) is 9.88 Å². The third-order valence-corrected chi connectivity index (χ3v) is 5.29. The molecule has 4 rings (SSSR count). The Hall–Kier alpha value is -3.44. The van der Waals surface area contributed by atoms with Crippen LogP contribution in [0, 0.1) is 0 Å². The molecule has 1 aliphatic rings. The second-order valence-electron chi connectivity index (χ2n) is 6.39. The minimum atomic E-state index is -0.0498. The van der Waals surface area contributed by atoms with Crippen molar-refractivity contribution >= 4 is 34.6 Å². The number of carbonyl (C=O) groups excluding carboxylic acids is 1. The molecule has 142 valence electrons. The largest absolute Gasteiger partial charge is 0.282 e. The quantitative estimate of drug-likeness (QED) is 0.539. The third-order valence-electron chi connectivity index (χ3n) is 4.27. The van der Waals surface area contributed by atoms with Gasteiger partial charge in [-0.3, -0.25) is 14.7 Å². The first-order valence-electron chi connectivity index (χ1n) is 9.25. The maximum Gasteiger partial charge on any atom is 0.267 e. The van der Waals surface area contributed by atoms with E-state index in [1.807, 2.05) is 91.0 Å². The normalized spacial score (nSPS) is 17.0. The summed E-state index contributed by atoms with van der Waals surface area (Å²) < 4.78 is 0. The Balaban J connectivity index is 1.61. The number of hydrogen-bond acceptors (Lipinski definition) is 4. The topological polar surface area (TPSA) is 45.6 Å². The zero-order valence-electron chi connectivity index (χ0n) is 15.7. The summed E-state index contributed by atoms with van der Waals surface area (Å²) in [6.45, 7) is 0.436. The van der Waals surface area contributed by atoms with Gasteiger partial charge in [-0.1, -0.05) is 66.7 Å². The van der Waals surface area contributed by atoms with Crippen LogP contribution < -0.4 is 0 Å². The van der Waals surface area contributed by atoms with Crippen LogP contribution in [0.4, 0.5) is 5.69 Å². The maximum atomic E-state index is 13.1. The molecule has 29 heavy (non-hydrogen) atoms. The fourth-order valence-corrected chi connectivity index (χ4v) is 3.79. The summed E-state index contributed by atoms with van der Waals surface area (Å²) in [6.07, 6.45) is 9.24. The van der Waals surface area contributed by atoms with Gasteiger partial charge in [0.05, 0.1) is 17.1 Å². The molecule has 0 bridgehead atoms. The predicted molar refractivity (Wildman–Crippen MR) is 119 cm³/mol. The highest BCUT2D eigenvalue weighted by molar-refractivity contribution is 8.18. The molecule has 5 heteroatoms. The smallest absolute Gasteiger partial charge is 0.267 e. The molecule has 0 saturated carbocycles. The lowest BCUT2D eigenvalue weighted by atomic mass is 10.2. The van der Waals surface area contributed by atoms with Gasteiger partial charge in [0.25, 0.3) is 5.91 Å². The lowest BCUT2D eigenvalue weighted by molar-refractivity contribution is -0.122.